The second kappa shape index (κ2) is 2.37. The SMILES string of the molecule is C1=NCCC2=C1N=CCC2. The smallest absolute Gasteiger partial charge is 0.0796 e. The van der Waals surface area contributed by atoms with Crippen LogP contribution in [-0.2, 0) is 0 Å². The maximum Gasteiger partial charge on any atom is 0.0796 e. The Bertz CT molecular complexity index is 201. The highest BCUT2D eigenvalue weighted by molar-refractivity contribution is 5.84. The van der Waals surface area contributed by atoms with Gasteiger partial charge in [-0.1, -0.05) is 0 Å². The van der Waals surface area contributed by atoms with Crippen LogP contribution in [0.5, 0.6) is 0 Å². The molecule has 2 aliphatic heterocycles. The lowest BCUT2D eigenvalue weighted by atomic mass is 10.0. The van der Waals surface area contributed by atoms with Gasteiger partial charge in [-0.15, -0.1) is 0 Å². The highest BCUT2D eigenvalue weighted by Gasteiger charge is 2.09. The Balaban J connectivity index is 2.32. The molecule has 10 heavy (non-hydrogen) atoms. The summed E-state index contributed by atoms with van der Waals surface area (Å²) in [5.41, 5.74) is 2.62. The monoisotopic (exact) mass is 134 g/mol. The van der Waals surface area contributed by atoms with Gasteiger partial charge >= 0.3 is 0 Å². The minimum atomic E-state index is 0.967. The molecule has 0 aromatic heterocycles. The minimum absolute atomic E-state index is 0.967. The summed E-state index contributed by atoms with van der Waals surface area (Å²) in [6.45, 7) is 0.967. The zero-order chi connectivity index (χ0) is 6.81. The van der Waals surface area contributed by atoms with Gasteiger partial charge in [0.05, 0.1) is 5.70 Å². The zero-order valence-electron chi connectivity index (χ0n) is 5.88. The fourth-order valence-electron chi connectivity index (χ4n) is 1.35. The van der Waals surface area contributed by atoms with Crippen molar-refractivity contribution in [2.24, 2.45) is 9.98 Å². The molecule has 0 bridgehead atoms. The molecule has 0 amide bonds. The third kappa shape index (κ3) is 0.897. The molecule has 0 aliphatic carbocycles. The first-order valence-corrected chi connectivity index (χ1v) is 3.71. The fraction of sp³-hybridized carbons (Fsp3) is 0.500. The van der Waals surface area contributed by atoms with E-state index in [-0.39, 0.29) is 0 Å². The van der Waals surface area contributed by atoms with Gasteiger partial charge in [-0.05, 0) is 24.8 Å². The first-order valence-electron chi connectivity index (χ1n) is 3.71. The van der Waals surface area contributed by atoms with E-state index in [1.807, 2.05) is 12.4 Å². The Hall–Kier alpha value is -0.920. The second-order valence-corrected chi connectivity index (χ2v) is 2.62. The van der Waals surface area contributed by atoms with E-state index in [0.717, 1.165) is 25.1 Å². The number of aliphatic imine (C=N–C) groups is 2. The van der Waals surface area contributed by atoms with Crippen molar-refractivity contribution in [2.45, 2.75) is 19.3 Å². The molecule has 0 spiro atoms. The third-order valence-corrected chi connectivity index (χ3v) is 1.92. The average Bonchev–Trinajstić information content (AvgIpc) is 2.05. The van der Waals surface area contributed by atoms with Crippen molar-refractivity contribution in [3.63, 3.8) is 0 Å². The van der Waals surface area contributed by atoms with Crippen LogP contribution in [0.2, 0.25) is 0 Å². The molecule has 0 radical (unpaired) electrons. The number of nitrogens with zero attached hydrogens (tertiary/aromatic N) is 2. The van der Waals surface area contributed by atoms with Gasteiger partial charge in [0.15, 0.2) is 0 Å². The van der Waals surface area contributed by atoms with E-state index in [4.69, 9.17) is 0 Å². The van der Waals surface area contributed by atoms with Crippen LogP contribution in [0, 0.1) is 0 Å². The Morgan fingerprint density at radius 1 is 1.30 bits per heavy atom. The van der Waals surface area contributed by atoms with E-state index in [1.165, 1.54) is 12.0 Å². The summed E-state index contributed by atoms with van der Waals surface area (Å²) < 4.78 is 0. The van der Waals surface area contributed by atoms with Crippen LogP contribution in [0.1, 0.15) is 19.3 Å². The molecule has 52 valence electrons. The van der Waals surface area contributed by atoms with Crippen LogP contribution in [0.25, 0.3) is 0 Å². The Kier molecular flexibility index (Phi) is 1.38. The lowest BCUT2D eigenvalue weighted by Gasteiger charge is -2.14. The molecule has 0 saturated carbocycles. The Morgan fingerprint density at radius 2 is 2.30 bits per heavy atom. The van der Waals surface area contributed by atoms with Crippen molar-refractivity contribution in [3.05, 3.63) is 11.3 Å². The molecule has 0 N–H and O–H groups in total. The predicted octanol–water partition coefficient (Wildman–Crippen LogP) is 1.58. The molecule has 0 fully saturated rings. The van der Waals surface area contributed by atoms with E-state index in [1.54, 1.807) is 0 Å². The molecule has 0 saturated heterocycles. The van der Waals surface area contributed by atoms with Crippen molar-refractivity contribution < 1.29 is 0 Å². The number of rotatable bonds is 0. The number of hydrogen-bond acceptors (Lipinski definition) is 2. The van der Waals surface area contributed by atoms with Crippen molar-refractivity contribution in [1.82, 2.24) is 0 Å². The lowest BCUT2D eigenvalue weighted by molar-refractivity contribution is 0.836. The number of hydrogen-bond donors (Lipinski definition) is 0. The number of dihydropyridines is 1. The van der Waals surface area contributed by atoms with Crippen molar-refractivity contribution in [3.8, 4) is 0 Å². The van der Waals surface area contributed by atoms with E-state index in [2.05, 4.69) is 9.98 Å². The van der Waals surface area contributed by atoms with Gasteiger partial charge in [-0.2, -0.15) is 0 Å². The molecule has 2 nitrogen and oxygen atoms in total. The highest BCUT2D eigenvalue weighted by Crippen LogP contribution is 2.21. The van der Waals surface area contributed by atoms with Crippen LogP contribution in [-0.4, -0.2) is 19.0 Å². The summed E-state index contributed by atoms with van der Waals surface area (Å²) in [6, 6.07) is 0. The molecule has 0 atom stereocenters. The molecular weight excluding hydrogens is 124 g/mol. The van der Waals surface area contributed by atoms with Gasteiger partial charge in [0.25, 0.3) is 0 Å². The van der Waals surface area contributed by atoms with E-state index in [9.17, 15) is 0 Å². The first kappa shape index (κ1) is 5.83. The van der Waals surface area contributed by atoms with E-state index in [0.29, 0.717) is 0 Å². The molecular formula is C8H10N2. The lowest BCUT2D eigenvalue weighted by Crippen LogP contribution is -2.04. The summed E-state index contributed by atoms with van der Waals surface area (Å²) in [6.07, 6.45) is 7.32. The maximum absolute atomic E-state index is 4.26. The highest BCUT2D eigenvalue weighted by atomic mass is 14.8. The third-order valence-electron chi connectivity index (χ3n) is 1.92. The summed E-state index contributed by atoms with van der Waals surface area (Å²) >= 11 is 0. The van der Waals surface area contributed by atoms with Crippen molar-refractivity contribution in [2.75, 3.05) is 6.54 Å². The molecule has 2 rings (SSSR count). The second-order valence-electron chi connectivity index (χ2n) is 2.62. The maximum atomic E-state index is 4.26. The zero-order valence-corrected chi connectivity index (χ0v) is 5.88. The number of allylic oxidation sites excluding steroid dienone is 1. The normalized spacial score (nSPS) is 23.2. The summed E-state index contributed by atoms with van der Waals surface area (Å²) in [5, 5.41) is 0. The largest absolute Gasteiger partial charge is 0.291 e. The Labute approximate surface area is 60.4 Å². The molecule has 2 heteroatoms. The summed E-state index contributed by atoms with van der Waals surface area (Å²) in [4.78, 5) is 8.42. The average molecular weight is 134 g/mol. The van der Waals surface area contributed by atoms with Gasteiger partial charge in [0, 0.05) is 19.0 Å². The Morgan fingerprint density at radius 3 is 3.20 bits per heavy atom. The quantitative estimate of drug-likeness (QED) is 0.480. The fourth-order valence-corrected chi connectivity index (χ4v) is 1.35. The van der Waals surface area contributed by atoms with Crippen molar-refractivity contribution in [1.29, 1.82) is 0 Å². The molecule has 0 aromatic carbocycles. The van der Waals surface area contributed by atoms with Crippen molar-refractivity contribution >= 4 is 12.4 Å². The first-order chi connectivity index (χ1) is 4.97. The summed E-state index contributed by atoms with van der Waals surface area (Å²) in [5.74, 6) is 0. The van der Waals surface area contributed by atoms with Gasteiger partial charge < -0.3 is 0 Å². The van der Waals surface area contributed by atoms with Crippen LogP contribution < -0.4 is 0 Å². The predicted molar refractivity (Wildman–Crippen MR) is 42.7 cm³/mol. The molecule has 2 aliphatic rings. The van der Waals surface area contributed by atoms with Gasteiger partial charge in [-0.3, -0.25) is 9.98 Å². The van der Waals surface area contributed by atoms with Gasteiger partial charge in [0.2, 0.25) is 0 Å². The van der Waals surface area contributed by atoms with Gasteiger partial charge in [0.1, 0.15) is 0 Å². The molecule has 0 unspecified atom stereocenters. The summed E-state index contributed by atoms with van der Waals surface area (Å²) in [7, 11) is 0. The van der Waals surface area contributed by atoms with Crippen LogP contribution in [0.15, 0.2) is 21.3 Å². The van der Waals surface area contributed by atoms with E-state index >= 15 is 0 Å². The standard InChI is InChI=1S/C8H10N2/c1-2-7-3-5-9-6-8(7)10-4-1/h4,6H,1-3,5H2. The molecule has 2 heterocycles. The van der Waals surface area contributed by atoms with Crippen LogP contribution >= 0.6 is 0 Å². The molecule has 0 aromatic rings. The van der Waals surface area contributed by atoms with Gasteiger partial charge in [-0.25, -0.2) is 0 Å². The van der Waals surface area contributed by atoms with E-state index < -0.39 is 0 Å². The minimum Gasteiger partial charge on any atom is -0.291 e. The van der Waals surface area contributed by atoms with Crippen LogP contribution in [0.4, 0.5) is 0 Å². The van der Waals surface area contributed by atoms with Crippen LogP contribution in [0.3, 0.4) is 0 Å². The topological polar surface area (TPSA) is 24.7 Å².